The summed E-state index contributed by atoms with van der Waals surface area (Å²) in [4.78, 5) is 18.7. The highest BCUT2D eigenvalue weighted by Gasteiger charge is 2.12. The van der Waals surface area contributed by atoms with Crippen LogP contribution >= 0.6 is 0 Å². The number of nitrogens with two attached hydrogens (primary N) is 2. The van der Waals surface area contributed by atoms with Crippen LogP contribution in [0.5, 0.6) is 0 Å². The van der Waals surface area contributed by atoms with E-state index < -0.39 is 0 Å². The van der Waals surface area contributed by atoms with E-state index in [9.17, 15) is 9.90 Å². The third-order valence-electron chi connectivity index (χ3n) is 3.67. The minimum Gasteiger partial charge on any atom is -0.508 e. The number of rotatable bonds is 11. The second kappa shape index (κ2) is 11.0. The molecule has 0 bridgehead atoms. The number of ketones is 1. The summed E-state index contributed by atoms with van der Waals surface area (Å²) in [6.45, 7) is 11.1. The first-order valence-electron chi connectivity index (χ1n) is 8.47. The maximum atomic E-state index is 12.2. The second-order valence-electron chi connectivity index (χ2n) is 5.89. The summed E-state index contributed by atoms with van der Waals surface area (Å²) in [7, 11) is 0. The quantitative estimate of drug-likeness (QED) is 0.319. The number of aromatic nitrogens is 1. The van der Waals surface area contributed by atoms with Crippen LogP contribution in [0.15, 0.2) is 67.0 Å². The van der Waals surface area contributed by atoms with E-state index in [2.05, 4.69) is 23.0 Å². The predicted molar refractivity (Wildman–Crippen MR) is 107 cm³/mol. The summed E-state index contributed by atoms with van der Waals surface area (Å²) in [5.74, 6) is 0.268. The van der Waals surface area contributed by atoms with Gasteiger partial charge in [0, 0.05) is 26.2 Å². The maximum Gasteiger partial charge on any atom is 0.189 e. The molecule has 0 aliphatic heterocycles. The Morgan fingerprint density at radius 3 is 2.73 bits per heavy atom. The van der Waals surface area contributed by atoms with Crippen molar-refractivity contribution in [1.82, 2.24) is 4.98 Å². The van der Waals surface area contributed by atoms with Crippen molar-refractivity contribution in [3.05, 3.63) is 72.7 Å². The Morgan fingerprint density at radius 2 is 2.15 bits per heavy atom. The summed E-state index contributed by atoms with van der Waals surface area (Å²) >= 11 is 0. The molecule has 0 aliphatic carbocycles. The lowest BCUT2D eigenvalue weighted by atomic mass is 10.1. The molecule has 140 valence electrons. The zero-order chi connectivity index (χ0) is 19.5. The van der Waals surface area contributed by atoms with Crippen molar-refractivity contribution in [3.63, 3.8) is 0 Å². The number of carbonyl (C=O) groups excluding carboxylic acids is 1. The fourth-order valence-electron chi connectivity index (χ4n) is 2.40. The minimum atomic E-state index is -0.321. The number of hydrogen-bond donors (Lipinski definition) is 3. The number of nitrogens with zero attached hydrogens (tertiary/aromatic N) is 2. The Balaban J connectivity index is 2.85. The van der Waals surface area contributed by atoms with Crippen molar-refractivity contribution in [2.45, 2.75) is 13.5 Å². The zero-order valence-electron chi connectivity index (χ0n) is 15.3. The highest BCUT2D eigenvalue weighted by Crippen LogP contribution is 2.15. The molecule has 5 N–H and O–H groups in total. The summed E-state index contributed by atoms with van der Waals surface area (Å²) < 4.78 is 0. The van der Waals surface area contributed by atoms with Crippen LogP contribution in [0.25, 0.3) is 0 Å². The fraction of sp³-hybridized carbons (Fsp3) is 0.300. The third kappa shape index (κ3) is 6.66. The van der Waals surface area contributed by atoms with Crippen LogP contribution < -0.4 is 16.4 Å². The van der Waals surface area contributed by atoms with E-state index in [-0.39, 0.29) is 23.0 Å². The van der Waals surface area contributed by atoms with Crippen molar-refractivity contribution < 1.29 is 9.90 Å². The van der Waals surface area contributed by atoms with E-state index in [0.29, 0.717) is 26.2 Å². The van der Waals surface area contributed by atoms with E-state index in [1.807, 2.05) is 25.1 Å². The lowest BCUT2D eigenvalue weighted by Gasteiger charge is -2.25. The Morgan fingerprint density at radius 1 is 1.42 bits per heavy atom. The average Bonchev–Trinajstić information content (AvgIpc) is 2.63. The van der Waals surface area contributed by atoms with Gasteiger partial charge in [0.2, 0.25) is 0 Å². The number of pyridine rings is 1. The monoisotopic (exact) mass is 356 g/mol. The summed E-state index contributed by atoms with van der Waals surface area (Å²) in [6, 6.07) is 5.70. The molecular weight excluding hydrogens is 328 g/mol. The molecule has 1 unspecified atom stereocenters. The van der Waals surface area contributed by atoms with E-state index in [0.717, 1.165) is 11.5 Å². The number of hydrogen-bond acceptors (Lipinski definition) is 6. The number of carbonyl (C=O) groups is 1. The lowest BCUT2D eigenvalue weighted by Crippen LogP contribution is -2.33. The lowest BCUT2D eigenvalue weighted by molar-refractivity contribution is -0.111. The molecule has 1 heterocycles. The van der Waals surface area contributed by atoms with Gasteiger partial charge in [0.25, 0.3) is 0 Å². The van der Waals surface area contributed by atoms with Crippen LogP contribution in [0.3, 0.4) is 0 Å². The minimum absolute atomic E-state index is 0.0609. The highest BCUT2D eigenvalue weighted by atomic mass is 16.3. The zero-order valence-corrected chi connectivity index (χ0v) is 15.3. The Hall–Kier alpha value is -2.70. The SMILES string of the molecule is C=C/C=C(\C(=C)O)C(=O)/C=C/C(C)CN(CCN)c1cccc(CN)n1. The maximum absolute atomic E-state index is 12.2. The molecule has 1 atom stereocenters. The highest BCUT2D eigenvalue weighted by molar-refractivity contribution is 6.06. The van der Waals surface area contributed by atoms with Gasteiger partial charge < -0.3 is 21.5 Å². The van der Waals surface area contributed by atoms with Crippen molar-refractivity contribution in [1.29, 1.82) is 0 Å². The van der Waals surface area contributed by atoms with Crippen LogP contribution in [-0.4, -0.2) is 35.5 Å². The largest absolute Gasteiger partial charge is 0.508 e. The van der Waals surface area contributed by atoms with Gasteiger partial charge in [-0.15, -0.1) is 0 Å². The topological polar surface area (TPSA) is 105 Å². The number of allylic oxidation sites excluding steroid dienone is 4. The summed E-state index contributed by atoms with van der Waals surface area (Å²) in [5.41, 5.74) is 12.3. The van der Waals surface area contributed by atoms with Crippen LogP contribution in [0.2, 0.25) is 0 Å². The molecule has 6 nitrogen and oxygen atoms in total. The molecule has 0 aliphatic rings. The molecule has 0 amide bonds. The van der Waals surface area contributed by atoms with E-state index in [4.69, 9.17) is 11.5 Å². The first-order chi connectivity index (χ1) is 12.4. The average molecular weight is 356 g/mol. The predicted octanol–water partition coefficient (Wildman–Crippen LogP) is 2.25. The standard InChI is InChI=1S/C20H28N4O2/c1-4-6-18(16(3)25)19(26)10-9-15(2)14-24(12-11-21)20-8-5-7-17(13-22)23-20/h4-10,15,25H,1,3,11-14,21-22H2,2H3/b10-9+,18-6+. The molecule has 0 aromatic carbocycles. The van der Waals surface area contributed by atoms with E-state index >= 15 is 0 Å². The van der Waals surface area contributed by atoms with Crippen LogP contribution in [0.4, 0.5) is 5.82 Å². The smallest absolute Gasteiger partial charge is 0.189 e. The van der Waals surface area contributed by atoms with Gasteiger partial charge in [-0.05, 0) is 30.2 Å². The molecular formula is C20H28N4O2. The van der Waals surface area contributed by atoms with Gasteiger partial charge in [-0.1, -0.05) is 38.3 Å². The van der Waals surface area contributed by atoms with Crippen molar-refractivity contribution in [2.75, 3.05) is 24.5 Å². The van der Waals surface area contributed by atoms with Gasteiger partial charge in [0.1, 0.15) is 11.6 Å². The van der Waals surface area contributed by atoms with Gasteiger partial charge in [-0.25, -0.2) is 4.98 Å². The molecule has 0 radical (unpaired) electrons. The molecule has 26 heavy (non-hydrogen) atoms. The van der Waals surface area contributed by atoms with Gasteiger partial charge in [0.05, 0.1) is 11.3 Å². The molecule has 0 spiro atoms. The number of aliphatic hydroxyl groups excluding tert-OH is 1. The second-order valence-corrected chi connectivity index (χ2v) is 5.89. The molecule has 0 saturated heterocycles. The normalized spacial score (nSPS) is 12.8. The summed E-state index contributed by atoms with van der Waals surface area (Å²) in [5, 5.41) is 9.49. The van der Waals surface area contributed by atoms with E-state index in [1.54, 1.807) is 6.08 Å². The van der Waals surface area contributed by atoms with Gasteiger partial charge in [-0.3, -0.25) is 4.79 Å². The van der Waals surface area contributed by atoms with Gasteiger partial charge in [-0.2, -0.15) is 0 Å². The van der Waals surface area contributed by atoms with E-state index in [1.165, 1.54) is 18.2 Å². The van der Waals surface area contributed by atoms with Crippen LogP contribution in [-0.2, 0) is 11.3 Å². The van der Waals surface area contributed by atoms with Gasteiger partial charge >= 0.3 is 0 Å². The first kappa shape index (κ1) is 21.3. The molecule has 0 fully saturated rings. The van der Waals surface area contributed by atoms with Crippen LogP contribution in [0.1, 0.15) is 12.6 Å². The van der Waals surface area contributed by atoms with Crippen molar-refractivity contribution in [2.24, 2.45) is 17.4 Å². The molecule has 1 aromatic rings. The van der Waals surface area contributed by atoms with Crippen LogP contribution in [0, 0.1) is 5.92 Å². The Bertz CT molecular complexity index is 695. The third-order valence-corrected chi connectivity index (χ3v) is 3.67. The van der Waals surface area contributed by atoms with Crippen molar-refractivity contribution >= 4 is 11.6 Å². The Labute approximate surface area is 155 Å². The number of anilines is 1. The molecule has 0 saturated carbocycles. The fourth-order valence-corrected chi connectivity index (χ4v) is 2.40. The summed E-state index contributed by atoms with van der Waals surface area (Å²) in [6.07, 6.45) is 6.10. The Kier molecular flexibility index (Phi) is 9.05. The molecule has 6 heteroatoms. The van der Waals surface area contributed by atoms with Gasteiger partial charge in [0.15, 0.2) is 5.78 Å². The molecule has 1 aromatic heterocycles. The van der Waals surface area contributed by atoms with Crippen molar-refractivity contribution in [3.8, 4) is 0 Å². The first-order valence-corrected chi connectivity index (χ1v) is 8.47. The molecule has 1 rings (SSSR count). The number of aliphatic hydroxyl groups is 1.